The molecule has 0 amide bonds. The van der Waals surface area contributed by atoms with Gasteiger partial charge in [0.1, 0.15) is 0 Å². The molecule has 10 rings (SSSR count). The van der Waals surface area contributed by atoms with Gasteiger partial charge in [-0.1, -0.05) is 139 Å². The number of hydrogen-bond acceptors (Lipinski definition) is 3. The lowest BCUT2D eigenvalue weighted by Crippen LogP contribution is -1.97. The predicted molar refractivity (Wildman–Crippen MR) is 211 cm³/mol. The first-order valence-electron chi connectivity index (χ1n) is 21.9. The normalized spacial score (nSPS) is 15.0. The molecule has 7 aromatic carbocycles. The maximum atomic E-state index is 9.48. The van der Waals surface area contributed by atoms with Gasteiger partial charge in [-0.2, -0.15) is 0 Å². The van der Waals surface area contributed by atoms with Crippen LogP contribution < -0.4 is 0 Å². The van der Waals surface area contributed by atoms with E-state index in [1.807, 2.05) is 97.1 Å². The molecule has 0 unspecified atom stereocenters. The Kier molecular flexibility index (Phi) is 4.43. The average Bonchev–Trinajstić information content (AvgIpc) is 3.85. The Morgan fingerprint density at radius 3 is 2.08 bits per heavy atom. The van der Waals surface area contributed by atoms with Crippen LogP contribution in [0.4, 0.5) is 0 Å². The van der Waals surface area contributed by atoms with Gasteiger partial charge in [0.05, 0.1) is 38.9 Å². The molecule has 234 valence electrons. The van der Waals surface area contributed by atoms with Gasteiger partial charge in [0, 0.05) is 53.3 Å². The van der Waals surface area contributed by atoms with E-state index in [-0.39, 0.29) is 33.2 Å². The van der Waals surface area contributed by atoms with Crippen molar-refractivity contribution in [2.24, 2.45) is 0 Å². The first-order chi connectivity index (χ1) is 29.8. The lowest BCUT2D eigenvalue weighted by molar-refractivity contribution is 1.17. The van der Waals surface area contributed by atoms with Crippen molar-refractivity contribution in [3.05, 3.63) is 176 Å². The van der Waals surface area contributed by atoms with Crippen LogP contribution in [0.5, 0.6) is 0 Å². The van der Waals surface area contributed by atoms with E-state index < -0.39 is 78.2 Å². The van der Waals surface area contributed by atoms with Gasteiger partial charge in [-0.05, 0) is 47.4 Å². The van der Waals surface area contributed by atoms with Crippen LogP contribution in [-0.2, 0) is 0 Å². The molecule has 0 radical (unpaired) electrons. The van der Waals surface area contributed by atoms with Crippen LogP contribution in [0.3, 0.4) is 0 Å². The third-order valence-electron chi connectivity index (χ3n) is 8.85. The van der Waals surface area contributed by atoms with Crippen molar-refractivity contribution in [3.8, 4) is 50.7 Å². The zero-order valence-corrected chi connectivity index (χ0v) is 26.9. The second-order valence-electron chi connectivity index (χ2n) is 11.7. The summed E-state index contributed by atoms with van der Waals surface area (Å²) in [6, 6.07) is 25.8. The summed E-state index contributed by atoms with van der Waals surface area (Å²) >= 11 is 1.59. The fraction of sp³-hybridized carbons (Fsp3) is 0. The van der Waals surface area contributed by atoms with E-state index >= 15 is 0 Å². The highest BCUT2D eigenvalue weighted by atomic mass is 32.1. The summed E-state index contributed by atoms with van der Waals surface area (Å²) in [5.41, 5.74) is 3.14. The van der Waals surface area contributed by atoms with E-state index in [0.717, 1.165) is 41.4 Å². The fourth-order valence-electron chi connectivity index (χ4n) is 6.58. The van der Waals surface area contributed by atoms with Crippen molar-refractivity contribution < 1.29 is 16.4 Å². The van der Waals surface area contributed by atoms with Crippen molar-refractivity contribution in [1.82, 2.24) is 14.5 Å². The Morgan fingerprint density at radius 2 is 1.20 bits per heavy atom. The van der Waals surface area contributed by atoms with Gasteiger partial charge < -0.3 is 4.57 Å². The second kappa shape index (κ2) is 11.7. The number of fused-ring (bicyclic) bond motifs is 6. The predicted octanol–water partition coefficient (Wildman–Crippen LogP) is 12.6. The van der Waals surface area contributed by atoms with E-state index in [4.69, 9.17) is 22.3 Å². The van der Waals surface area contributed by atoms with E-state index in [9.17, 15) is 4.11 Å². The van der Waals surface area contributed by atoms with E-state index in [2.05, 4.69) is 6.07 Å². The molecule has 0 N–H and O–H groups in total. The first kappa shape index (κ1) is 19.0. The Bertz CT molecular complexity index is 3520. The molecule has 0 aliphatic heterocycles. The van der Waals surface area contributed by atoms with E-state index in [1.54, 1.807) is 11.3 Å². The van der Waals surface area contributed by atoms with Crippen LogP contribution in [0.15, 0.2) is 176 Å². The summed E-state index contributed by atoms with van der Waals surface area (Å²) in [4.78, 5) is 10.1. The summed E-state index contributed by atoms with van der Waals surface area (Å²) < 4.78 is 110. The quantitative estimate of drug-likeness (QED) is 0.183. The molecule has 3 heterocycles. The number of thiophene rings is 1. The number of hydrogen-bond donors (Lipinski definition) is 0. The van der Waals surface area contributed by atoms with Crippen molar-refractivity contribution in [2.75, 3.05) is 0 Å². The van der Waals surface area contributed by atoms with Crippen LogP contribution in [0.2, 0.25) is 0 Å². The van der Waals surface area contributed by atoms with E-state index in [1.165, 1.54) is 0 Å². The molecule has 0 aliphatic rings. The van der Waals surface area contributed by atoms with Crippen molar-refractivity contribution in [1.29, 1.82) is 0 Å². The number of nitrogens with zero attached hydrogens (tertiary/aromatic N) is 3. The molecule has 3 nitrogen and oxygen atoms in total. The highest BCUT2D eigenvalue weighted by Gasteiger charge is 2.20. The molecule has 0 atom stereocenters. The molecular formula is C46H29N3S. The molecule has 10 aromatic rings. The zero-order valence-electron chi connectivity index (χ0n) is 38.1. The molecule has 0 saturated heterocycles. The maximum Gasteiger partial charge on any atom is 0.161 e. The fourth-order valence-corrected chi connectivity index (χ4v) is 7.80. The minimum Gasteiger partial charge on any atom is -0.309 e. The minimum atomic E-state index is -0.707. The average molecular weight is 668 g/mol. The highest BCUT2D eigenvalue weighted by molar-refractivity contribution is 7.26. The Hall–Kier alpha value is -6.36. The molecule has 3 aromatic heterocycles. The van der Waals surface area contributed by atoms with Crippen molar-refractivity contribution in [3.63, 3.8) is 0 Å². The lowest BCUT2D eigenvalue weighted by Gasteiger charge is -2.12. The molecule has 0 fully saturated rings. The highest BCUT2D eigenvalue weighted by Crippen LogP contribution is 2.42. The minimum absolute atomic E-state index is 0.0845. The lowest BCUT2D eigenvalue weighted by atomic mass is 10.0. The van der Waals surface area contributed by atoms with Crippen LogP contribution in [0.25, 0.3) is 92.7 Å². The van der Waals surface area contributed by atoms with Crippen molar-refractivity contribution in [2.45, 2.75) is 0 Å². The molecule has 0 saturated carbocycles. The Morgan fingerprint density at radius 1 is 0.500 bits per heavy atom. The van der Waals surface area contributed by atoms with Gasteiger partial charge in [-0.25, -0.2) is 9.97 Å². The SMILES string of the molecule is [2H]c1c([2H])c([2H])c(-n2c3c([2H])c([2H])c([2H])c([2H])c3c3c(-c4nc(-c5ccc(-c6ccccc6)cc5)cc(-c5cccc6c5sc5ccccc56)n4)c([2H])c([2H])c([2H])c32)c([2H])c1[2H]. The molecule has 0 bridgehead atoms. The first-order valence-corrected chi connectivity index (χ1v) is 16.7. The summed E-state index contributed by atoms with van der Waals surface area (Å²) in [5.74, 6) is -0.0845. The van der Waals surface area contributed by atoms with Gasteiger partial charge in [0.15, 0.2) is 5.82 Å². The van der Waals surface area contributed by atoms with Gasteiger partial charge >= 0.3 is 0 Å². The van der Waals surface area contributed by atoms with Gasteiger partial charge in [0.2, 0.25) is 0 Å². The van der Waals surface area contributed by atoms with Crippen LogP contribution in [-0.4, -0.2) is 14.5 Å². The third-order valence-corrected chi connectivity index (χ3v) is 10.1. The van der Waals surface area contributed by atoms with Crippen LogP contribution in [0.1, 0.15) is 16.4 Å². The number of benzene rings is 7. The smallest absolute Gasteiger partial charge is 0.161 e. The zero-order chi connectivity index (χ0) is 43.5. The number of rotatable bonds is 5. The molecule has 0 spiro atoms. The number of aromatic nitrogens is 3. The van der Waals surface area contributed by atoms with Crippen molar-refractivity contribution >= 4 is 53.3 Å². The number of para-hydroxylation sites is 2. The van der Waals surface area contributed by atoms with Gasteiger partial charge in [0.25, 0.3) is 0 Å². The summed E-state index contributed by atoms with van der Waals surface area (Å²) in [5, 5.41) is 1.77. The van der Waals surface area contributed by atoms with E-state index in [0.29, 0.717) is 17.0 Å². The molecule has 4 heteroatoms. The van der Waals surface area contributed by atoms with Gasteiger partial charge in [-0.15, -0.1) is 11.3 Å². The summed E-state index contributed by atoms with van der Waals surface area (Å²) in [6.07, 6.45) is 0. The standard InChI is InChI=1S/C46H29N3S/c1-3-13-30(14-4-1)31-25-27-32(28-26-31)39-29-40(36-20-11-19-35-34-17-8-10-24-43(34)50-45(35)36)48-46(47-39)38-21-12-23-42-44(38)37-18-7-9-22-41(37)49(42)33-15-5-2-6-16-33/h1-29H/i2D,5D,6D,7D,9D,12D,15D,16D,18D,21D,22D,23D. The van der Waals surface area contributed by atoms with Crippen LogP contribution >= 0.6 is 11.3 Å². The third kappa shape index (κ3) is 4.65. The Balaban J connectivity index is 1.36. The molecule has 0 aliphatic carbocycles. The van der Waals surface area contributed by atoms with Gasteiger partial charge in [-0.3, -0.25) is 0 Å². The second-order valence-corrected chi connectivity index (χ2v) is 12.7. The summed E-state index contributed by atoms with van der Waals surface area (Å²) in [7, 11) is 0. The maximum absolute atomic E-state index is 9.48. The molecule has 50 heavy (non-hydrogen) atoms. The Labute approximate surface area is 310 Å². The molecular weight excluding hydrogens is 627 g/mol. The monoisotopic (exact) mass is 667 g/mol. The topological polar surface area (TPSA) is 30.7 Å². The largest absolute Gasteiger partial charge is 0.309 e. The van der Waals surface area contributed by atoms with Crippen LogP contribution in [0, 0.1) is 0 Å². The summed E-state index contributed by atoms with van der Waals surface area (Å²) in [6.45, 7) is 0.